The predicted octanol–water partition coefficient (Wildman–Crippen LogP) is 3.13. The van der Waals surface area contributed by atoms with Gasteiger partial charge in [-0.15, -0.1) is 0 Å². The third kappa shape index (κ3) is 4.94. The van der Waals surface area contributed by atoms with Crippen molar-refractivity contribution in [1.29, 1.82) is 0 Å². The molecule has 2 aromatic carbocycles. The van der Waals surface area contributed by atoms with Gasteiger partial charge >= 0.3 is 0 Å². The minimum absolute atomic E-state index is 0.0116. The molecule has 0 spiro atoms. The SMILES string of the molecule is COc1ccc2[nH]cc(CCNC(=O)C3CCN(C(=O)C4CC(=O)N(c5ccccc5)C4)CC3)c2c1. The van der Waals surface area contributed by atoms with E-state index in [1.54, 1.807) is 12.0 Å². The average molecular weight is 489 g/mol. The van der Waals surface area contributed by atoms with Crippen molar-refractivity contribution in [3.8, 4) is 5.75 Å². The van der Waals surface area contributed by atoms with Crippen molar-refractivity contribution in [2.45, 2.75) is 25.7 Å². The number of hydrogen-bond acceptors (Lipinski definition) is 4. The van der Waals surface area contributed by atoms with Crippen LogP contribution in [0.15, 0.2) is 54.7 Å². The van der Waals surface area contributed by atoms with Gasteiger partial charge in [-0.25, -0.2) is 0 Å². The Bertz CT molecular complexity index is 1250. The number of H-pyrrole nitrogens is 1. The number of fused-ring (bicyclic) bond motifs is 1. The molecule has 2 fully saturated rings. The Morgan fingerprint density at radius 2 is 1.86 bits per heavy atom. The molecule has 0 aliphatic carbocycles. The van der Waals surface area contributed by atoms with E-state index < -0.39 is 0 Å². The normalized spacial score (nSPS) is 18.6. The summed E-state index contributed by atoms with van der Waals surface area (Å²) in [6, 6.07) is 15.4. The van der Waals surface area contributed by atoms with Gasteiger partial charge < -0.3 is 24.8 Å². The Hall–Kier alpha value is -3.81. The number of methoxy groups -OCH3 is 1. The van der Waals surface area contributed by atoms with Crippen molar-refractivity contribution in [2.75, 3.05) is 38.2 Å². The fraction of sp³-hybridized carbons (Fsp3) is 0.393. The Morgan fingerprint density at radius 3 is 2.61 bits per heavy atom. The number of hydrogen-bond donors (Lipinski definition) is 2. The van der Waals surface area contributed by atoms with Gasteiger partial charge in [0.2, 0.25) is 17.7 Å². The first-order chi connectivity index (χ1) is 17.5. The summed E-state index contributed by atoms with van der Waals surface area (Å²) in [5.74, 6) is 0.452. The van der Waals surface area contributed by atoms with Crippen molar-refractivity contribution in [3.05, 3.63) is 60.3 Å². The number of aromatic amines is 1. The first-order valence-corrected chi connectivity index (χ1v) is 12.6. The average Bonchev–Trinajstić information content (AvgIpc) is 3.51. The molecule has 8 nitrogen and oxygen atoms in total. The molecule has 2 aliphatic rings. The van der Waals surface area contributed by atoms with E-state index in [4.69, 9.17) is 4.74 Å². The largest absolute Gasteiger partial charge is 0.497 e. The molecule has 3 amide bonds. The topological polar surface area (TPSA) is 94.7 Å². The zero-order valence-corrected chi connectivity index (χ0v) is 20.5. The zero-order chi connectivity index (χ0) is 25.1. The fourth-order valence-electron chi connectivity index (χ4n) is 5.31. The number of piperidine rings is 1. The van der Waals surface area contributed by atoms with Crippen molar-refractivity contribution < 1.29 is 19.1 Å². The number of benzene rings is 2. The van der Waals surface area contributed by atoms with Gasteiger partial charge in [-0.05, 0) is 55.2 Å². The summed E-state index contributed by atoms with van der Waals surface area (Å²) < 4.78 is 5.33. The highest BCUT2D eigenvalue weighted by Crippen LogP contribution is 2.28. The van der Waals surface area contributed by atoms with E-state index in [9.17, 15) is 14.4 Å². The van der Waals surface area contributed by atoms with Crippen LogP contribution in [0, 0.1) is 11.8 Å². The van der Waals surface area contributed by atoms with Crippen molar-refractivity contribution >= 4 is 34.3 Å². The number of para-hydroxylation sites is 1. The summed E-state index contributed by atoms with van der Waals surface area (Å²) in [6.45, 7) is 2.08. The number of carbonyl (C=O) groups excluding carboxylic acids is 3. The van der Waals surface area contributed by atoms with Crippen LogP contribution < -0.4 is 15.0 Å². The second-order valence-electron chi connectivity index (χ2n) is 9.61. The van der Waals surface area contributed by atoms with E-state index in [0.717, 1.165) is 34.3 Å². The molecule has 0 bridgehead atoms. The molecule has 0 radical (unpaired) electrons. The van der Waals surface area contributed by atoms with Crippen molar-refractivity contribution in [1.82, 2.24) is 15.2 Å². The molecule has 3 heterocycles. The second kappa shape index (κ2) is 10.4. The molecule has 5 rings (SSSR count). The third-order valence-corrected chi connectivity index (χ3v) is 7.39. The molecule has 3 aromatic rings. The Balaban J connectivity index is 1.08. The zero-order valence-electron chi connectivity index (χ0n) is 20.5. The van der Waals surface area contributed by atoms with Crippen molar-refractivity contribution in [3.63, 3.8) is 0 Å². The number of amides is 3. The molecule has 2 N–H and O–H groups in total. The van der Waals surface area contributed by atoms with Crippen LogP contribution in [0.5, 0.6) is 5.75 Å². The van der Waals surface area contributed by atoms with E-state index in [1.165, 1.54) is 0 Å². The van der Waals surface area contributed by atoms with Crippen LogP contribution in [0.4, 0.5) is 5.69 Å². The highest BCUT2D eigenvalue weighted by atomic mass is 16.5. The summed E-state index contributed by atoms with van der Waals surface area (Å²) in [6.07, 6.45) is 4.24. The summed E-state index contributed by atoms with van der Waals surface area (Å²) in [7, 11) is 1.65. The third-order valence-electron chi connectivity index (χ3n) is 7.39. The molecular formula is C28H32N4O4. The van der Waals surface area contributed by atoms with Crippen LogP contribution in [0.25, 0.3) is 10.9 Å². The molecule has 1 unspecified atom stereocenters. The van der Waals surface area contributed by atoms with Gasteiger partial charge in [0, 0.05) is 61.3 Å². The monoisotopic (exact) mass is 488 g/mol. The van der Waals surface area contributed by atoms with E-state index in [1.807, 2.05) is 59.6 Å². The number of ether oxygens (including phenoxy) is 1. The number of carbonyl (C=O) groups is 3. The minimum Gasteiger partial charge on any atom is -0.497 e. The highest BCUT2D eigenvalue weighted by Gasteiger charge is 2.38. The standard InChI is InChI=1S/C28H32N4O4/c1-36-23-7-8-25-24(16-23)20(17-30-25)9-12-29-27(34)19-10-13-31(14-11-19)28(35)21-15-26(33)32(18-21)22-5-3-2-4-6-22/h2-8,16-17,19,21,30H,9-15,18H2,1H3,(H,29,34). The predicted molar refractivity (Wildman–Crippen MR) is 138 cm³/mol. The molecule has 8 heteroatoms. The number of likely N-dealkylation sites (tertiary alicyclic amines) is 1. The van der Waals surface area contributed by atoms with Gasteiger partial charge in [0.15, 0.2) is 0 Å². The maximum Gasteiger partial charge on any atom is 0.228 e. The highest BCUT2D eigenvalue weighted by molar-refractivity contribution is 6.00. The fourth-order valence-corrected chi connectivity index (χ4v) is 5.31. The quantitative estimate of drug-likeness (QED) is 0.534. The summed E-state index contributed by atoms with van der Waals surface area (Å²) >= 11 is 0. The smallest absolute Gasteiger partial charge is 0.228 e. The van der Waals surface area contributed by atoms with Gasteiger partial charge in [-0.3, -0.25) is 14.4 Å². The lowest BCUT2D eigenvalue weighted by Crippen LogP contribution is -2.45. The number of nitrogens with zero attached hydrogens (tertiary/aromatic N) is 2. The lowest BCUT2D eigenvalue weighted by Gasteiger charge is -2.33. The van der Waals surface area contributed by atoms with Crippen LogP contribution >= 0.6 is 0 Å². The maximum absolute atomic E-state index is 13.1. The van der Waals surface area contributed by atoms with Gasteiger partial charge in [0.05, 0.1) is 13.0 Å². The Morgan fingerprint density at radius 1 is 1.08 bits per heavy atom. The summed E-state index contributed by atoms with van der Waals surface area (Å²) in [5.41, 5.74) is 3.02. The maximum atomic E-state index is 13.1. The van der Waals surface area contributed by atoms with Crippen LogP contribution in [0.1, 0.15) is 24.8 Å². The van der Waals surface area contributed by atoms with Gasteiger partial charge in [-0.1, -0.05) is 18.2 Å². The second-order valence-corrected chi connectivity index (χ2v) is 9.61. The summed E-state index contributed by atoms with van der Waals surface area (Å²) in [4.78, 5) is 45.2. The van der Waals surface area contributed by atoms with Crippen LogP contribution in [0.2, 0.25) is 0 Å². The van der Waals surface area contributed by atoms with Gasteiger partial charge in [-0.2, -0.15) is 0 Å². The molecule has 1 atom stereocenters. The van der Waals surface area contributed by atoms with Crippen molar-refractivity contribution in [2.24, 2.45) is 11.8 Å². The number of anilines is 1. The van der Waals surface area contributed by atoms with E-state index in [2.05, 4.69) is 10.3 Å². The van der Waals surface area contributed by atoms with Gasteiger partial charge in [0.1, 0.15) is 5.75 Å². The molecule has 2 aliphatic heterocycles. The molecule has 188 valence electrons. The first kappa shape index (κ1) is 23.9. The molecule has 1 aromatic heterocycles. The number of nitrogens with one attached hydrogen (secondary N) is 2. The molecule has 2 saturated heterocycles. The van der Waals surface area contributed by atoms with Crippen LogP contribution in [-0.2, 0) is 20.8 Å². The number of rotatable bonds is 7. The van der Waals surface area contributed by atoms with Gasteiger partial charge in [0.25, 0.3) is 0 Å². The van der Waals surface area contributed by atoms with E-state index in [-0.39, 0.29) is 36.0 Å². The van der Waals surface area contributed by atoms with Crippen LogP contribution in [0.3, 0.4) is 0 Å². The minimum atomic E-state index is -0.321. The first-order valence-electron chi connectivity index (χ1n) is 12.6. The summed E-state index contributed by atoms with van der Waals surface area (Å²) in [5, 5.41) is 4.18. The lowest BCUT2D eigenvalue weighted by molar-refractivity contribution is -0.139. The van der Waals surface area contributed by atoms with E-state index >= 15 is 0 Å². The molecule has 36 heavy (non-hydrogen) atoms. The lowest BCUT2D eigenvalue weighted by atomic mass is 9.94. The molecule has 0 saturated carbocycles. The Labute approximate surface area is 210 Å². The van der Waals surface area contributed by atoms with E-state index in [0.29, 0.717) is 39.0 Å². The number of aromatic nitrogens is 1. The van der Waals surface area contributed by atoms with Crippen LogP contribution in [-0.4, -0.2) is 60.9 Å². The molecular weight excluding hydrogens is 456 g/mol. The Kier molecular flexibility index (Phi) is 6.93.